The maximum atomic E-state index is 9.75. The van der Waals surface area contributed by atoms with E-state index in [2.05, 4.69) is 144 Å². The van der Waals surface area contributed by atoms with Gasteiger partial charge in [-0.1, -0.05) is 104 Å². The Morgan fingerprint density at radius 3 is 1.36 bits per heavy atom. The van der Waals surface area contributed by atoms with E-state index in [1.807, 2.05) is 0 Å². The molecule has 0 fully saturated rings. The number of rotatable bonds is 20. The van der Waals surface area contributed by atoms with E-state index in [0.29, 0.717) is 63.2 Å². The molecule has 1 aromatic heterocycles. The van der Waals surface area contributed by atoms with Crippen LogP contribution in [0, 0.1) is 23.7 Å². The predicted molar refractivity (Wildman–Crippen MR) is 221 cm³/mol. The highest BCUT2D eigenvalue weighted by Gasteiger charge is 2.21. The van der Waals surface area contributed by atoms with Crippen molar-refractivity contribution in [2.24, 2.45) is 23.7 Å². The first-order chi connectivity index (χ1) is 26.6. The van der Waals surface area contributed by atoms with Gasteiger partial charge in [-0.05, 0) is 61.5 Å². The molecule has 0 atom stereocenters. The summed E-state index contributed by atoms with van der Waals surface area (Å²) in [5, 5.41) is 4.39. The summed E-state index contributed by atoms with van der Waals surface area (Å²) in [5.74, 6) is 6.02. The lowest BCUT2D eigenvalue weighted by Crippen LogP contribution is -2.32. The van der Waals surface area contributed by atoms with Crippen molar-refractivity contribution < 1.29 is 40.8 Å². The minimum Gasteiger partial charge on any atom is -0.493 e. The van der Waals surface area contributed by atoms with Crippen molar-refractivity contribution in [3.05, 3.63) is 90.5 Å². The maximum Gasteiger partial charge on any atom is 0.673 e. The Kier molecular flexibility index (Phi) is 16.8. The van der Waals surface area contributed by atoms with Crippen LogP contribution in [0.5, 0.6) is 23.0 Å². The quantitative estimate of drug-likeness (QED) is 0.0448. The molecule has 0 spiro atoms. The van der Waals surface area contributed by atoms with E-state index >= 15 is 0 Å². The molecular formula is C45H61BF4N2O4. The van der Waals surface area contributed by atoms with Gasteiger partial charge in [0.15, 0.2) is 0 Å². The molecule has 0 saturated carbocycles. The molecule has 0 bridgehead atoms. The topological polar surface area (TPSA) is 45.7 Å². The van der Waals surface area contributed by atoms with E-state index in [1.165, 1.54) is 0 Å². The molecule has 4 aromatic carbocycles. The zero-order valence-corrected chi connectivity index (χ0v) is 34.5. The number of benzene rings is 4. The summed E-state index contributed by atoms with van der Waals surface area (Å²) in [5.41, 5.74) is 2.23. The van der Waals surface area contributed by atoms with Gasteiger partial charge in [-0.3, -0.25) is 0 Å². The Morgan fingerprint density at radius 2 is 0.929 bits per heavy atom. The highest BCUT2D eigenvalue weighted by Crippen LogP contribution is 2.39. The smallest absolute Gasteiger partial charge is 0.493 e. The predicted octanol–water partition coefficient (Wildman–Crippen LogP) is 12.2. The van der Waals surface area contributed by atoms with Gasteiger partial charge in [0, 0.05) is 32.7 Å². The Hall–Kier alpha value is -4.41. The van der Waals surface area contributed by atoms with Crippen LogP contribution < -0.4 is 23.5 Å². The number of imidazole rings is 1. The summed E-state index contributed by atoms with van der Waals surface area (Å²) in [6, 6.07) is 21.4. The van der Waals surface area contributed by atoms with Gasteiger partial charge in [0.2, 0.25) is 6.33 Å². The van der Waals surface area contributed by atoms with Crippen molar-refractivity contribution in [1.82, 2.24) is 4.57 Å². The van der Waals surface area contributed by atoms with Gasteiger partial charge in [-0.25, -0.2) is 9.13 Å². The molecule has 0 amide bonds. The number of aromatic nitrogens is 2. The average Bonchev–Trinajstić information content (AvgIpc) is 3.55. The first kappa shape index (κ1) is 44.3. The fourth-order valence-corrected chi connectivity index (χ4v) is 6.18. The van der Waals surface area contributed by atoms with Crippen LogP contribution in [0.4, 0.5) is 17.3 Å². The number of nitrogens with zero attached hydrogens (tertiary/aromatic N) is 2. The molecular weight excluding hydrogens is 719 g/mol. The lowest BCUT2D eigenvalue weighted by molar-refractivity contribution is -0.687. The molecule has 0 saturated heterocycles. The zero-order chi connectivity index (χ0) is 40.8. The van der Waals surface area contributed by atoms with Crippen LogP contribution in [0.15, 0.2) is 79.4 Å². The van der Waals surface area contributed by atoms with Crippen LogP contribution in [-0.4, -0.2) is 38.2 Å². The summed E-state index contributed by atoms with van der Waals surface area (Å²) < 4.78 is 69.5. The summed E-state index contributed by atoms with van der Waals surface area (Å²) in [4.78, 5) is 0. The first-order valence-electron chi connectivity index (χ1n) is 20.1. The molecule has 0 radical (unpaired) electrons. The molecule has 11 heteroatoms. The molecule has 0 unspecified atom stereocenters. The van der Waals surface area contributed by atoms with Crippen molar-refractivity contribution in [2.45, 2.75) is 94.2 Å². The van der Waals surface area contributed by atoms with Crippen molar-refractivity contribution in [3.8, 4) is 23.0 Å². The molecule has 5 rings (SSSR count). The van der Waals surface area contributed by atoms with E-state index in [0.717, 1.165) is 81.4 Å². The minimum absolute atomic E-state index is 0.567. The maximum absolute atomic E-state index is 9.75. The Bertz CT molecular complexity index is 1820. The molecule has 6 nitrogen and oxygen atoms in total. The second-order valence-corrected chi connectivity index (χ2v) is 16.2. The number of hydrogen-bond donors (Lipinski definition) is 0. The van der Waals surface area contributed by atoms with Crippen LogP contribution in [0.2, 0.25) is 0 Å². The van der Waals surface area contributed by atoms with Crippen LogP contribution in [0.25, 0.3) is 21.5 Å². The number of halogens is 4. The number of hydrogen-bond acceptors (Lipinski definition) is 4. The summed E-state index contributed by atoms with van der Waals surface area (Å²) in [7, 11) is -6.00. The van der Waals surface area contributed by atoms with Crippen LogP contribution in [0.3, 0.4) is 0 Å². The zero-order valence-electron chi connectivity index (χ0n) is 34.5. The van der Waals surface area contributed by atoms with Crippen molar-refractivity contribution in [3.63, 3.8) is 0 Å². The third-order valence-corrected chi connectivity index (χ3v) is 9.31. The number of fused-ring (bicyclic) bond motifs is 2. The Morgan fingerprint density at radius 1 is 0.554 bits per heavy atom. The van der Waals surface area contributed by atoms with Crippen LogP contribution in [-0.2, 0) is 13.1 Å². The van der Waals surface area contributed by atoms with E-state index in [1.54, 1.807) is 0 Å². The largest absolute Gasteiger partial charge is 0.673 e. The minimum atomic E-state index is -6.00. The van der Waals surface area contributed by atoms with E-state index in [-0.39, 0.29) is 0 Å². The van der Waals surface area contributed by atoms with Crippen molar-refractivity contribution in [1.29, 1.82) is 0 Å². The molecule has 306 valence electrons. The van der Waals surface area contributed by atoms with Crippen LogP contribution >= 0.6 is 0 Å². The second-order valence-electron chi connectivity index (χ2n) is 16.2. The standard InChI is InChI=1S/C45H61N2O4.BF4/c1-32(2)17-23-48-42-27-36(44(50-25-19-34(5)6)40-15-11-9-13-38(40)42)29-46-21-22-47(31-46)30-37-28-43(49-24-18-33(3)4)39-14-10-12-16-41(39)45(37)51-26-20-35(7)8;2-1(3,4)5/h9-16,21-22,27-28,31-35H,17-20,23-26,29-30H2,1-8H3;/q+1;-1. The van der Waals surface area contributed by atoms with Gasteiger partial charge >= 0.3 is 7.25 Å². The summed E-state index contributed by atoms with van der Waals surface area (Å²) >= 11 is 0. The molecule has 0 aliphatic rings. The summed E-state index contributed by atoms with van der Waals surface area (Å²) in [6.45, 7) is 22.0. The van der Waals surface area contributed by atoms with Gasteiger partial charge in [0.25, 0.3) is 0 Å². The molecule has 5 aromatic rings. The highest BCUT2D eigenvalue weighted by molar-refractivity contribution is 6.50. The van der Waals surface area contributed by atoms with Gasteiger partial charge < -0.3 is 36.2 Å². The lowest BCUT2D eigenvalue weighted by atomic mass is 10.0. The molecule has 0 N–H and O–H groups in total. The SMILES string of the molecule is CC(C)CCOc1cc(Cn2cc[n+](Cc3cc(OCCC(C)C)c4ccccc4c3OCCC(C)C)c2)c(OCCC(C)C)c2ccccc12.F[B-](F)(F)F. The van der Waals surface area contributed by atoms with Crippen molar-refractivity contribution >= 4 is 28.8 Å². The van der Waals surface area contributed by atoms with Gasteiger partial charge in [-0.15, -0.1) is 0 Å². The lowest BCUT2D eigenvalue weighted by Gasteiger charge is -2.18. The first-order valence-corrected chi connectivity index (χ1v) is 20.1. The Balaban J connectivity index is 0.00000131. The highest BCUT2D eigenvalue weighted by atomic mass is 19.5. The van der Waals surface area contributed by atoms with E-state index < -0.39 is 7.25 Å². The third-order valence-electron chi connectivity index (χ3n) is 9.31. The van der Waals surface area contributed by atoms with Gasteiger partial charge in [0.05, 0.1) is 26.4 Å². The van der Waals surface area contributed by atoms with Gasteiger partial charge in [0.1, 0.15) is 48.5 Å². The van der Waals surface area contributed by atoms with Crippen molar-refractivity contribution in [2.75, 3.05) is 26.4 Å². The molecule has 56 heavy (non-hydrogen) atoms. The average molecular weight is 781 g/mol. The van der Waals surface area contributed by atoms with Gasteiger partial charge in [-0.2, -0.15) is 0 Å². The Labute approximate surface area is 331 Å². The van der Waals surface area contributed by atoms with Crippen LogP contribution in [0.1, 0.15) is 92.2 Å². The van der Waals surface area contributed by atoms with E-state index in [9.17, 15) is 17.3 Å². The molecule has 0 aliphatic carbocycles. The molecule has 1 heterocycles. The normalized spacial score (nSPS) is 11.9. The fourth-order valence-electron chi connectivity index (χ4n) is 6.18. The molecule has 0 aliphatic heterocycles. The number of ether oxygens (including phenoxy) is 4. The third kappa shape index (κ3) is 14.3. The monoisotopic (exact) mass is 780 g/mol. The van der Waals surface area contributed by atoms with E-state index in [4.69, 9.17) is 18.9 Å². The fraction of sp³-hybridized carbons (Fsp3) is 0.489. The second kappa shape index (κ2) is 21.2. The summed E-state index contributed by atoms with van der Waals surface area (Å²) in [6.07, 6.45) is 10.5.